The van der Waals surface area contributed by atoms with Crippen LogP contribution in [0, 0.1) is 10.8 Å². The molecule has 0 bridgehead atoms. The Hall–Kier alpha value is -0.820. The van der Waals surface area contributed by atoms with Crippen LogP contribution in [0.1, 0.15) is 78.9 Å². The number of hydrogen-bond acceptors (Lipinski definition) is 1. The maximum atomic E-state index is 5.66. The monoisotopic (exact) mass is 277 g/mol. The second-order valence-electron chi connectivity index (χ2n) is 7.63. The van der Waals surface area contributed by atoms with Crippen molar-refractivity contribution >= 4 is 0 Å². The Morgan fingerprint density at radius 2 is 1.35 bits per heavy atom. The molecule has 0 aliphatic rings. The van der Waals surface area contributed by atoms with Gasteiger partial charge < -0.3 is 5.73 Å². The molecule has 1 aromatic carbocycles. The van der Waals surface area contributed by atoms with E-state index in [-0.39, 0.29) is 5.41 Å². The molecule has 0 saturated carbocycles. The first kappa shape index (κ1) is 19.2. The van der Waals surface area contributed by atoms with Crippen molar-refractivity contribution in [2.24, 2.45) is 16.6 Å². The zero-order valence-electron chi connectivity index (χ0n) is 14.9. The Balaban J connectivity index is 0.00000172. The predicted molar refractivity (Wildman–Crippen MR) is 91.9 cm³/mol. The molecule has 1 rings (SSSR count). The maximum absolute atomic E-state index is 5.66. The lowest BCUT2D eigenvalue weighted by Gasteiger charge is -2.36. The zero-order valence-corrected chi connectivity index (χ0v) is 14.9. The van der Waals surface area contributed by atoms with E-state index in [4.69, 9.17) is 5.73 Å². The Kier molecular flexibility index (Phi) is 7.51. The summed E-state index contributed by atoms with van der Waals surface area (Å²) in [5, 5.41) is 0. The molecule has 1 heteroatoms. The highest BCUT2D eigenvalue weighted by Crippen LogP contribution is 2.42. The largest absolute Gasteiger partial charge is 0.326 e. The van der Waals surface area contributed by atoms with E-state index in [0.29, 0.717) is 17.9 Å². The zero-order chi connectivity index (χ0) is 16.0. The van der Waals surface area contributed by atoms with Crippen molar-refractivity contribution in [1.82, 2.24) is 0 Å². The van der Waals surface area contributed by atoms with Gasteiger partial charge in [-0.3, -0.25) is 0 Å². The van der Waals surface area contributed by atoms with Crippen LogP contribution in [0.15, 0.2) is 24.3 Å². The van der Waals surface area contributed by atoms with Gasteiger partial charge in [0, 0.05) is 6.54 Å². The molecule has 0 aliphatic carbocycles. The van der Waals surface area contributed by atoms with Crippen LogP contribution in [0.2, 0.25) is 0 Å². The average Bonchev–Trinajstić information content (AvgIpc) is 2.36. The van der Waals surface area contributed by atoms with Gasteiger partial charge >= 0.3 is 0 Å². The molecule has 0 fully saturated rings. The smallest absolute Gasteiger partial charge is 0.0178 e. The van der Waals surface area contributed by atoms with Crippen LogP contribution < -0.4 is 5.73 Å². The number of rotatable bonds is 3. The van der Waals surface area contributed by atoms with Gasteiger partial charge in [0.25, 0.3) is 0 Å². The lowest BCUT2D eigenvalue weighted by atomic mass is 9.69. The third kappa shape index (κ3) is 6.56. The normalized spacial score (nSPS) is 13.4. The number of benzene rings is 1. The van der Waals surface area contributed by atoms with Crippen LogP contribution in [0.3, 0.4) is 0 Å². The number of hydrogen-bond donors (Lipinski definition) is 1. The maximum Gasteiger partial charge on any atom is 0.0178 e. The van der Waals surface area contributed by atoms with E-state index in [1.807, 2.05) is 13.8 Å². The lowest BCUT2D eigenvalue weighted by Crippen LogP contribution is -2.23. The summed E-state index contributed by atoms with van der Waals surface area (Å²) < 4.78 is 0. The van der Waals surface area contributed by atoms with E-state index in [2.05, 4.69) is 65.8 Å². The van der Waals surface area contributed by atoms with Gasteiger partial charge in [-0.05, 0) is 34.3 Å². The van der Waals surface area contributed by atoms with Gasteiger partial charge in [0.15, 0.2) is 0 Å². The SMILES string of the molecule is CC.CC(C)(C)CC(c1ccc(CN)cc1)C(C)(C)C. The summed E-state index contributed by atoms with van der Waals surface area (Å²) in [5.41, 5.74) is 8.95. The van der Waals surface area contributed by atoms with Crippen LogP contribution >= 0.6 is 0 Å². The highest BCUT2D eigenvalue weighted by atomic mass is 14.5. The van der Waals surface area contributed by atoms with E-state index >= 15 is 0 Å². The van der Waals surface area contributed by atoms with Crippen molar-refractivity contribution in [2.45, 2.75) is 74.3 Å². The van der Waals surface area contributed by atoms with E-state index in [1.54, 1.807) is 0 Å². The van der Waals surface area contributed by atoms with Crippen molar-refractivity contribution < 1.29 is 0 Å². The molecule has 1 nitrogen and oxygen atoms in total. The van der Waals surface area contributed by atoms with Crippen molar-refractivity contribution in [3.05, 3.63) is 35.4 Å². The molecular formula is C19H35N. The van der Waals surface area contributed by atoms with Gasteiger partial charge in [0.1, 0.15) is 0 Å². The first-order valence-corrected chi connectivity index (χ1v) is 7.92. The molecule has 1 unspecified atom stereocenters. The summed E-state index contributed by atoms with van der Waals surface area (Å²) in [4.78, 5) is 0. The summed E-state index contributed by atoms with van der Waals surface area (Å²) in [7, 11) is 0. The summed E-state index contributed by atoms with van der Waals surface area (Å²) in [6, 6.07) is 8.83. The minimum atomic E-state index is 0.289. The van der Waals surface area contributed by atoms with Gasteiger partial charge in [0.2, 0.25) is 0 Å². The summed E-state index contributed by atoms with van der Waals surface area (Å²) in [6.07, 6.45) is 1.21. The summed E-state index contributed by atoms with van der Waals surface area (Å²) >= 11 is 0. The molecule has 116 valence electrons. The number of nitrogens with two attached hydrogens (primary N) is 1. The lowest BCUT2D eigenvalue weighted by molar-refractivity contribution is 0.229. The quantitative estimate of drug-likeness (QED) is 0.749. The predicted octanol–water partition coefficient (Wildman–Crippen LogP) is 5.74. The van der Waals surface area contributed by atoms with Crippen molar-refractivity contribution in [3.63, 3.8) is 0 Å². The Morgan fingerprint density at radius 3 is 1.65 bits per heavy atom. The van der Waals surface area contributed by atoms with Crippen LogP contribution in [-0.2, 0) is 6.54 Å². The Bertz CT molecular complexity index is 362. The first-order chi connectivity index (χ1) is 9.13. The Labute approximate surface area is 127 Å². The minimum Gasteiger partial charge on any atom is -0.326 e. The molecular weight excluding hydrogens is 242 g/mol. The van der Waals surface area contributed by atoms with Crippen LogP contribution in [0.25, 0.3) is 0 Å². The highest BCUT2D eigenvalue weighted by molar-refractivity contribution is 5.26. The van der Waals surface area contributed by atoms with Gasteiger partial charge in [-0.15, -0.1) is 0 Å². The Morgan fingerprint density at radius 1 is 0.900 bits per heavy atom. The fourth-order valence-electron chi connectivity index (χ4n) is 2.42. The van der Waals surface area contributed by atoms with Crippen LogP contribution in [0.5, 0.6) is 0 Å². The molecule has 0 aromatic heterocycles. The van der Waals surface area contributed by atoms with Gasteiger partial charge in [0.05, 0.1) is 0 Å². The standard InChI is InChI=1S/C17H29N.C2H6/c1-16(2,3)11-15(17(4,5)6)14-9-7-13(12-18)8-10-14;1-2/h7-10,15H,11-12,18H2,1-6H3;1-2H3. The molecule has 0 saturated heterocycles. The first-order valence-electron chi connectivity index (χ1n) is 7.92. The molecule has 20 heavy (non-hydrogen) atoms. The topological polar surface area (TPSA) is 26.0 Å². The molecule has 0 aliphatic heterocycles. The minimum absolute atomic E-state index is 0.289. The van der Waals surface area contributed by atoms with Crippen molar-refractivity contribution in [2.75, 3.05) is 0 Å². The van der Waals surface area contributed by atoms with Gasteiger partial charge in [-0.1, -0.05) is 79.7 Å². The summed E-state index contributed by atoms with van der Waals surface area (Å²) in [5.74, 6) is 0.587. The van der Waals surface area contributed by atoms with Crippen LogP contribution in [0.4, 0.5) is 0 Å². The molecule has 0 heterocycles. The van der Waals surface area contributed by atoms with Crippen molar-refractivity contribution in [3.8, 4) is 0 Å². The van der Waals surface area contributed by atoms with Gasteiger partial charge in [-0.25, -0.2) is 0 Å². The second kappa shape index (κ2) is 7.83. The molecule has 1 atom stereocenters. The second-order valence-corrected chi connectivity index (χ2v) is 7.63. The molecule has 0 radical (unpaired) electrons. The summed E-state index contributed by atoms with van der Waals surface area (Å²) in [6.45, 7) is 18.6. The van der Waals surface area contributed by atoms with E-state index in [0.717, 1.165) is 0 Å². The highest BCUT2D eigenvalue weighted by Gasteiger charge is 2.30. The van der Waals surface area contributed by atoms with E-state index in [1.165, 1.54) is 17.5 Å². The third-order valence-electron chi connectivity index (χ3n) is 3.48. The van der Waals surface area contributed by atoms with E-state index in [9.17, 15) is 0 Å². The van der Waals surface area contributed by atoms with Crippen LogP contribution in [-0.4, -0.2) is 0 Å². The average molecular weight is 277 g/mol. The van der Waals surface area contributed by atoms with Crippen molar-refractivity contribution in [1.29, 1.82) is 0 Å². The fraction of sp³-hybridized carbons (Fsp3) is 0.684. The third-order valence-corrected chi connectivity index (χ3v) is 3.48. The molecule has 2 N–H and O–H groups in total. The molecule has 0 amide bonds. The van der Waals surface area contributed by atoms with Gasteiger partial charge in [-0.2, -0.15) is 0 Å². The molecule has 0 spiro atoms. The molecule has 1 aromatic rings. The fourth-order valence-corrected chi connectivity index (χ4v) is 2.42. The van der Waals surface area contributed by atoms with E-state index < -0.39 is 0 Å².